The Morgan fingerprint density at radius 2 is 1.74 bits per heavy atom. The van der Waals surface area contributed by atoms with Crippen molar-refractivity contribution in [3.8, 4) is 0 Å². The highest BCUT2D eigenvalue weighted by molar-refractivity contribution is 7.14. The molecule has 0 spiro atoms. The fraction of sp³-hybridized carbons (Fsp3) is 0.292. The lowest BCUT2D eigenvalue weighted by Gasteiger charge is -2.30. The third-order valence-corrected chi connectivity index (χ3v) is 6.15. The number of aromatic nitrogens is 1. The van der Waals surface area contributed by atoms with Gasteiger partial charge in [0.25, 0.3) is 11.8 Å². The number of piperidine rings is 1. The molecule has 1 unspecified atom stereocenters. The first-order valence-electron chi connectivity index (χ1n) is 10.5. The number of benzene rings is 2. The zero-order valence-electron chi connectivity index (χ0n) is 17.5. The summed E-state index contributed by atoms with van der Waals surface area (Å²) in [4.78, 5) is 31.8. The minimum absolute atomic E-state index is 0.184. The minimum atomic E-state index is -0.214. The molecule has 2 amide bonds. The monoisotopic (exact) mass is 434 g/mol. The standard InChI is InChI=1S/C24H26N4O2S/c1-17-6-5-13-28(14-17)15-21-16-31-24(26-21)27-23(30)19-9-11-20(12-10-19)25-22(29)18-7-3-2-4-8-18/h2-4,7-12,16-17H,5-6,13-15H2,1H3,(H,25,29)(H,26,27,30). The number of carbonyl (C=O) groups excluding carboxylic acids is 2. The molecule has 0 bridgehead atoms. The van der Waals surface area contributed by atoms with E-state index in [2.05, 4.69) is 27.4 Å². The molecule has 3 aromatic rings. The Morgan fingerprint density at radius 3 is 2.48 bits per heavy atom. The Labute approximate surface area is 186 Å². The van der Waals surface area contributed by atoms with E-state index >= 15 is 0 Å². The number of thiazole rings is 1. The Kier molecular flexibility index (Phi) is 6.74. The van der Waals surface area contributed by atoms with Gasteiger partial charge in [-0.1, -0.05) is 25.1 Å². The average molecular weight is 435 g/mol. The van der Waals surface area contributed by atoms with Gasteiger partial charge in [-0.3, -0.25) is 19.8 Å². The van der Waals surface area contributed by atoms with Crippen LogP contribution in [0.5, 0.6) is 0 Å². The van der Waals surface area contributed by atoms with Crippen LogP contribution in [0.3, 0.4) is 0 Å². The maximum atomic E-state index is 12.6. The lowest BCUT2D eigenvalue weighted by Crippen LogP contribution is -2.33. The average Bonchev–Trinajstić information content (AvgIpc) is 3.21. The number of amides is 2. The van der Waals surface area contributed by atoms with Crippen LogP contribution in [0.1, 0.15) is 46.2 Å². The second-order valence-electron chi connectivity index (χ2n) is 7.98. The lowest BCUT2D eigenvalue weighted by atomic mass is 10.0. The van der Waals surface area contributed by atoms with Crippen LogP contribution in [0.4, 0.5) is 10.8 Å². The quantitative estimate of drug-likeness (QED) is 0.580. The Morgan fingerprint density at radius 1 is 1.03 bits per heavy atom. The second-order valence-corrected chi connectivity index (χ2v) is 8.84. The zero-order chi connectivity index (χ0) is 21.6. The second kappa shape index (κ2) is 9.85. The number of rotatable bonds is 6. The van der Waals surface area contributed by atoms with Crippen LogP contribution in [0.15, 0.2) is 60.0 Å². The third kappa shape index (κ3) is 5.77. The van der Waals surface area contributed by atoms with Crippen molar-refractivity contribution in [2.24, 2.45) is 5.92 Å². The summed E-state index contributed by atoms with van der Waals surface area (Å²) in [5.41, 5.74) is 2.73. The van der Waals surface area contributed by atoms with Gasteiger partial charge in [0.1, 0.15) is 0 Å². The van der Waals surface area contributed by atoms with Gasteiger partial charge in [-0.05, 0) is 61.7 Å². The molecule has 1 fully saturated rings. The largest absolute Gasteiger partial charge is 0.322 e. The third-order valence-electron chi connectivity index (χ3n) is 5.34. The van der Waals surface area contributed by atoms with Gasteiger partial charge in [0.15, 0.2) is 5.13 Å². The molecule has 7 heteroatoms. The molecule has 1 aromatic heterocycles. The van der Waals surface area contributed by atoms with Crippen LogP contribution < -0.4 is 10.6 Å². The van der Waals surface area contributed by atoms with E-state index < -0.39 is 0 Å². The van der Waals surface area contributed by atoms with Crippen molar-refractivity contribution in [3.05, 3.63) is 76.8 Å². The van der Waals surface area contributed by atoms with E-state index in [0.717, 1.165) is 31.2 Å². The summed E-state index contributed by atoms with van der Waals surface area (Å²) in [5.74, 6) is 0.330. The van der Waals surface area contributed by atoms with E-state index in [0.29, 0.717) is 21.9 Å². The smallest absolute Gasteiger partial charge is 0.257 e. The normalized spacial score (nSPS) is 16.6. The highest BCUT2D eigenvalue weighted by Gasteiger charge is 2.18. The fourth-order valence-corrected chi connectivity index (χ4v) is 4.46. The highest BCUT2D eigenvalue weighted by atomic mass is 32.1. The molecule has 160 valence electrons. The molecule has 1 aliphatic heterocycles. The molecule has 1 aliphatic rings. The summed E-state index contributed by atoms with van der Waals surface area (Å²) < 4.78 is 0. The molecule has 0 saturated carbocycles. The predicted octanol–water partition coefficient (Wildman–Crippen LogP) is 4.88. The van der Waals surface area contributed by atoms with Crippen molar-refractivity contribution < 1.29 is 9.59 Å². The Bertz CT molecular complexity index is 1030. The van der Waals surface area contributed by atoms with Crippen LogP contribution >= 0.6 is 11.3 Å². The van der Waals surface area contributed by atoms with E-state index in [4.69, 9.17) is 0 Å². The Hall–Kier alpha value is -3.03. The molecule has 4 rings (SSSR count). The number of likely N-dealkylation sites (tertiary alicyclic amines) is 1. The summed E-state index contributed by atoms with van der Waals surface area (Å²) in [7, 11) is 0. The van der Waals surface area contributed by atoms with E-state index in [1.54, 1.807) is 36.4 Å². The lowest BCUT2D eigenvalue weighted by molar-refractivity contribution is 0.102. The van der Waals surface area contributed by atoms with Gasteiger partial charge in [-0.2, -0.15) is 0 Å². The maximum Gasteiger partial charge on any atom is 0.257 e. The highest BCUT2D eigenvalue weighted by Crippen LogP contribution is 2.21. The first-order valence-corrected chi connectivity index (χ1v) is 11.4. The predicted molar refractivity (Wildman–Crippen MR) is 125 cm³/mol. The summed E-state index contributed by atoms with van der Waals surface area (Å²) in [5, 5.41) is 8.32. The van der Waals surface area contributed by atoms with Gasteiger partial charge in [-0.15, -0.1) is 11.3 Å². The van der Waals surface area contributed by atoms with Crippen molar-refractivity contribution in [1.29, 1.82) is 0 Å². The van der Waals surface area contributed by atoms with E-state index in [-0.39, 0.29) is 11.8 Å². The van der Waals surface area contributed by atoms with Gasteiger partial charge in [-0.25, -0.2) is 4.98 Å². The molecule has 0 aliphatic carbocycles. The van der Waals surface area contributed by atoms with Gasteiger partial charge >= 0.3 is 0 Å². The van der Waals surface area contributed by atoms with Crippen molar-refractivity contribution in [2.45, 2.75) is 26.3 Å². The molecular weight excluding hydrogens is 408 g/mol. The number of carbonyl (C=O) groups is 2. The summed E-state index contributed by atoms with van der Waals surface area (Å²) in [6.07, 6.45) is 2.53. The molecule has 2 aromatic carbocycles. The van der Waals surface area contributed by atoms with Crippen LogP contribution in [0.2, 0.25) is 0 Å². The van der Waals surface area contributed by atoms with Gasteiger partial charge in [0.05, 0.1) is 5.69 Å². The SMILES string of the molecule is CC1CCCN(Cc2csc(NC(=O)c3ccc(NC(=O)c4ccccc4)cc3)n2)C1. The van der Waals surface area contributed by atoms with E-state index in [1.165, 1.54) is 24.2 Å². The van der Waals surface area contributed by atoms with Crippen molar-refractivity contribution in [2.75, 3.05) is 23.7 Å². The molecular formula is C24H26N4O2S. The molecule has 1 saturated heterocycles. The molecule has 6 nitrogen and oxygen atoms in total. The van der Waals surface area contributed by atoms with Gasteiger partial charge < -0.3 is 5.32 Å². The molecule has 1 atom stereocenters. The molecule has 31 heavy (non-hydrogen) atoms. The first-order chi connectivity index (χ1) is 15.1. The van der Waals surface area contributed by atoms with Crippen LogP contribution in [0.25, 0.3) is 0 Å². The van der Waals surface area contributed by atoms with Crippen LogP contribution in [-0.4, -0.2) is 34.8 Å². The zero-order valence-corrected chi connectivity index (χ0v) is 18.3. The van der Waals surface area contributed by atoms with Crippen LogP contribution in [-0.2, 0) is 6.54 Å². The maximum absolute atomic E-state index is 12.6. The summed E-state index contributed by atoms with van der Waals surface area (Å²) in [6.45, 7) is 5.33. The van der Waals surface area contributed by atoms with E-state index in [9.17, 15) is 9.59 Å². The van der Waals surface area contributed by atoms with Crippen molar-refractivity contribution >= 4 is 34.0 Å². The first kappa shape index (κ1) is 21.2. The van der Waals surface area contributed by atoms with Gasteiger partial charge in [0.2, 0.25) is 0 Å². The number of nitrogens with one attached hydrogen (secondary N) is 2. The Balaban J connectivity index is 1.31. The number of hydrogen-bond acceptors (Lipinski definition) is 5. The fourth-order valence-electron chi connectivity index (χ4n) is 3.76. The summed E-state index contributed by atoms with van der Waals surface area (Å²) in [6, 6.07) is 15.8. The van der Waals surface area contributed by atoms with Crippen LogP contribution in [0, 0.1) is 5.92 Å². The molecule has 0 radical (unpaired) electrons. The van der Waals surface area contributed by atoms with E-state index in [1.807, 2.05) is 23.6 Å². The molecule has 2 N–H and O–H groups in total. The summed E-state index contributed by atoms with van der Waals surface area (Å²) >= 11 is 1.44. The minimum Gasteiger partial charge on any atom is -0.322 e. The molecule has 2 heterocycles. The van der Waals surface area contributed by atoms with Crippen molar-refractivity contribution in [1.82, 2.24) is 9.88 Å². The number of hydrogen-bond donors (Lipinski definition) is 2. The topological polar surface area (TPSA) is 74.3 Å². The van der Waals surface area contributed by atoms with Crippen molar-refractivity contribution in [3.63, 3.8) is 0 Å². The van der Waals surface area contributed by atoms with Gasteiger partial charge in [0, 0.05) is 35.3 Å². The number of nitrogens with zero attached hydrogens (tertiary/aromatic N) is 2. The number of anilines is 2.